The van der Waals surface area contributed by atoms with Crippen molar-refractivity contribution in [2.24, 2.45) is 5.73 Å². The summed E-state index contributed by atoms with van der Waals surface area (Å²) < 4.78 is 5.72. The maximum atomic E-state index is 11.4. The minimum absolute atomic E-state index is 0.310. The fourth-order valence-electron chi connectivity index (χ4n) is 2.56. The van der Waals surface area contributed by atoms with Crippen molar-refractivity contribution in [2.75, 3.05) is 6.61 Å². The average Bonchev–Trinajstić information content (AvgIpc) is 3.09. The molecule has 1 amide bonds. The number of hydrogen-bond acceptors (Lipinski definition) is 3. The van der Waals surface area contributed by atoms with E-state index in [0.29, 0.717) is 12.6 Å². The number of primary amides is 1. The molecule has 19 heavy (non-hydrogen) atoms. The summed E-state index contributed by atoms with van der Waals surface area (Å²) >= 11 is 0. The Bertz CT molecular complexity index is 483. The van der Waals surface area contributed by atoms with Gasteiger partial charge in [0.25, 0.3) is 0 Å². The highest BCUT2D eigenvalue weighted by Gasteiger charge is 2.27. The van der Waals surface area contributed by atoms with Crippen LogP contribution in [-0.4, -0.2) is 24.6 Å². The molecule has 1 aromatic carbocycles. The smallest absolute Gasteiger partial charge is 0.238 e. The molecule has 0 bridgehead atoms. The predicted molar refractivity (Wildman–Crippen MR) is 73.1 cm³/mol. The Hall–Kier alpha value is -1.55. The summed E-state index contributed by atoms with van der Waals surface area (Å²) in [6, 6.07) is 6.27. The number of fused-ring (bicyclic) bond motifs is 1. The van der Waals surface area contributed by atoms with E-state index < -0.39 is 0 Å². The number of ether oxygens (including phenoxy) is 1. The van der Waals surface area contributed by atoms with E-state index in [0.717, 1.165) is 25.0 Å². The summed E-state index contributed by atoms with van der Waals surface area (Å²) in [4.78, 5) is 11.4. The molecule has 1 saturated carbocycles. The summed E-state index contributed by atoms with van der Waals surface area (Å²) in [5.74, 6) is 0.498. The van der Waals surface area contributed by atoms with Crippen LogP contribution in [0.2, 0.25) is 0 Å². The molecule has 0 radical (unpaired) electrons. The Kier molecular flexibility index (Phi) is 3.42. The maximum Gasteiger partial charge on any atom is 0.238 e. The fourth-order valence-corrected chi connectivity index (χ4v) is 2.56. The molecule has 1 aromatic rings. The third-order valence-electron chi connectivity index (χ3n) is 3.84. The Morgan fingerprint density at radius 2 is 2.16 bits per heavy atom. The van der Waals surface area contributed by atoms with Gasteiger partial charge in [0.2, 0.25) is 5.91 Å². The van der Waals surface area contributed by atoms with E-state index in [1.807, 2.05) is 6.07 Å². The number of nitrogens with one attached hydrogen (secondary N) is 1. The lowest BCUT2D eigenvalue weighted by molar-refractivity contribution is -0.120. The van der Waals surface area contributed by atoms with Crippen LogP contribution in [0.3, 0.4) is 0 Å². The van der Waals surface area contributed by atoms with Crippen LogP contribution in [0.15, 0.2) is 18.2 Å². The summed E-state index contributed by atoms with van der Waals surface area (Å²) in [6.07, 6.45) is 5.78. The summed E-state index contributed by atoms with van der Waals surface area (Å²) in [5, 5.41) is 3.21. The van der Waals surface area contributed by atoms with Crippen molar-refractivity contribution >= 4 is 5.91 Å². The number of nitrogens with two attached hydrogens (primary N) is 1. The Morgan fingerprint density at radius 1 is 1.37 bits per heavy atom. The van der Waals surface area contributed by atoms with Crippen molar-refractivity contribution in [3.8, 4) is 5.75 Å². The van der Waals surface area contributed by atoms with Crippen LogP contribution >= 0.6 is 0 Å². The molecule has 0 heterocycles. The van der Waals surface area contributed by atoms with Crippen LogP contribution in [-0.2, 0) is 17.6 Å². The predicted octanol–water partition coefficient (Wildman–Crippen LogP) is 1.16. The van der Waals surface area contributed by atoms with Gasteiger partial charge in [-0.1, -0.05) is 6.07 Å². The summed E-state index contributed by atoms with van der Waals surface area (Å²) in [6.45, 7) is 0.310. The molecule has 0 aliphatic heterocycles. The highest BCUT2D eigenvalue weighted by molar-refractivity contribution is 5.80. The van der Waals surface area contributed by atoms with Gasteiger partial charge in [-0.15, -0.1) is 0 Å². The molecule has 1 unspecified atom stereocenters. The molecule has 3 N–H and O–H groups in total. The van der Waals surface area contributed by atoms with Gasteiger partial charge in [-0.25, -0.2) is 0 Å². The third kappa shape index (κ3) is 3.07. The monoisotopic (exact) mass is 260 g/mol. The van der Waals surface area contributed by atoms with E-state index in [9.17, 15) is 4.79 Å². The molecular weight excluding hydrogens is 240 g/mol. The second-order valence-electron chi connectivity index (χ2n) is 5.49. The number of carbonyl (C=O) groups is 1. The van der Waals surface area contributed by atoms with Gasteiger partial charge >= 0.3 is 0 Å². The first-order valence-electron chi connectivity index (χ1n) is 7.02. The van der Waals surface area contributed by atoms with Gasteiger partial charge in [-0.2, -0.15) is 0 Å². The zero-order chi connectivity index (χ0) is 13.2. The van der Waals surface area contributed by atoms with Gasteiger partial charge in [0, 0.05) is 6.04 Å². The van der Waals surface area contributed by atoms with Crippen molar-refractivity contribution in [1.82, 2.24) is 5.32 Å². The minimum Gasteiger partial charge on any atom is -0.491 e. The standard InChI is InChI=1S/C15H20N2O2/c16-15(18)14(17-12-5-6-12)9-19-13-7-4-10-2-1-3-11(10)8-13/h4,7-8,12,14,17H,1-3,5-6,9H2,(H2,16,18). The first kappa shape index (κ1) is 12.5. The number of amides is 1. The van der Waals surface area contributed by atoms with Gasteiger partial charge < -0.3 is 15.8 Å². The molecule has 0 spiro atoms. The van der Waals surface area contributed by atoms with Crippen molar-refractivity contribution < 1.29 is 9.53 Å². The highest BCUT2D eigenvalue weighted by atomic mass is 16.5. The molecular formula is C15H20N2O2. The molecule has 1 atom stereocenters. The third-order valence-corrected chi connectivity index (χ3v) is 3.84. The summed E-state index contributed by atoms with van der Waals surface area (Å²) in [5.41, 5.74) is 8.19. The lowest BCUT2D eigenvalue weighted by Gasteiger charge is -2.16. The van der Waals surface area contributed by atoms with Crippen molar-refractivity contribution in [1.29, 1.82) is 0 Å². The van der Waals surface area contributed by atoms with Crippen LogP contribution in [0.1, 0.15) is 30.4 Å². The minimum atomic E-state index is -0.388. The lowest BCUT2D eigenvalue weighted by atomic mass is 10.1. The molecule has 0 aromatic heterocycles. The molecule has 3 rings (SSSR count). The van der Waals surface area contributed by atoms with E-state index in [1.165, 1.54) is 24.0 Å². The van der Waals surface area contributed by atoms with E-state index >= 15 is 0 Å². The van der Waals surface area contributed by atoms with Crippen LogP contribution < -0.4 is 15.8 Å². The Balaban J connectivity index is 1.59. The van der Waals surface area contributed by atoms with Crippen LogP contribution in [0.4, 0.5) is 0 Å². The fraction of sp³-hybridized carbons (Fsp3) is 0.533. The van der Waals surface area contributed by atoms with Gasteiger partial charge in [0.05, 0.1) is 0 Å². The molecule has 2 aliphatic carbocycles. The van der Waals surface area contributed by atoms with E-state index in [-0.39, 0.29) is 11.9 Å². The van der Waals surface area contributed by atoms with E-state index in [2.05, 4.69) is 17.4 Å². The molecule has 4 nitrogen and oxygen atoms in total. The number of carbonyl (C=O) groups excluding carboxylic acids is 1. The molecule has 4 heteroatoms. The van der Waals surface area contributed by atoms with E-state index in [4.69, 9.17) is 10.5 Å². The number of benzene rings is 1. The van der Waals surface area contributed by atoms with Gasteiger partial charge in [0.1, 0.15) is 18.4 Å². The second-order valence-corrected chi connectivity index (χ2v) is 5.49. The van der Waals surface area contributed by atoms with E-state index in [1.54, 1.807) is 0 Å². The quantitative estimate of drug-likeness (QED) is 0.806. The first-order valence-corrected chi connectivity index (χ1v) is 7.02. The van der Waals surface area contributed by atoms with Crippen molar-refractivity contribution in [3.63, 3.8) is 0 Å². The molecule has 102 valence electrons. The zero-order valence-electron chi connectivity index (χ0n) is 11.0. The number of hydrogen-bond donors (Lipinski definition) is 2. The maximum absolute atomic E-state index is 11.4. The lowest BCUT2D eigenvalue weighted by Crippen LogP contribution is -2.46. The first-order chi connectivity index (χ1) is 9.22. The molecule has 0 saturated heterocycles. The van der Waals surface area contributed by atoms with Gasteiger partial charge in [-0.05, 0) is 55.4 Å². The highest BCUT2D eigenvalue weighted by Crippen LogP contribution is 2.26. The average molecular weight is 260 g/mol. The van der Waals surface area contributed by atoms with Gasteiger partial charge in [-0.3, -0.25) is 4.79 Å². The molecule has 2 aliphatic rings. The normalized spacial score (nSPS) is 18.9. The number of rotatable bonds is 6. The SMILES string of the molecule is NC(=O)C(COc1ccc2c(c1)CCC2)NC1CC1. The topological polar surface area (TPSA) is 64.4 Å². The number of aryl methyl sites for hydroxylation is 2. The van der Waals surface area contributed by atoms with Crippen molar-refractivity contribution in [2.45, 2.75) is 44.2 Å². The Labute approximate surface area is 113 Å². The summed E-state index contributed by atoms with van der Waals surface area (Å²) in [7, 11) is 0. The Morgan fingerprint density at radius 3 is 2.89 bits per heavy atom. The van der Waals surface area contributed by atoms with Crippen LogP contribution in [0.5, 0.6) is 5.75 Å². The van der Waals surface area contributed by atoms with Crippen LogP contribution in [0, 0.1) is 0 Å². The van der Waals surface area contributed by atoms with Crippen molar-refractivity contribution in [3.05, 3.63) is 29.3 Å². The zero-order valence-corrected chi connectivity index (χ0v) is 11.0. The molecule has 1 fully saturated rings. The van der Waals surface area contributed by atoms with Crippen LogP contribution in [0.25, 0.3) is 0 Å². The second kappa shape index (κ2) is 5.21. The van der Waals surface area contributed by atoms with Gasteiger partial charge in [0.15, 0.2) is 0 Å². The largest absolute Gasteiger partial charge is 0.491 e.